The molecule has 2 amide bonds. The summed E-state index contributed by atoms with van der Waals surface area (Å²) in [5.41, 5.74) is -0.744. The van der Waals surface area contributed by atoms with Crippen LogP contribution in [0.1, 0.15) is 19.3 Å². The van der Waals surface area contributed by atoms with E-state index in [0.29, 0.717) is 13.0 Å². The first-order chi connectivity index (χ1) is 11.6. The number of nitrogens with one attached hydrogen (secondary N) is 1. The number of amides is 2. The molecule has 2 fully saturated rings. The van der Waals surface area contributed by atoms with E-state index in [1.807, 2.05) is 0 Å². The van der Waals surface area contributed by atoms with E-state index in [2.05, 4.69) is 5.32 Å². The molecule has 0 bridgehead atoms. The molecule has 1 aliphatic carbocycles. The van der Waals surface area contributed by atoms with E-state index in [1.165, 1.54) is 11.0 Å². The Morgan fingerprint density at radius 2 is 2.12 bits per heavy atom. The van der Waals surface area contributed by atoms with Crippen LogP contribution in [0, 0.1) is 17.2 Å². The van der Waals surface area contributed by atoms with Gasteiger partial charge in [-0.15, -0.1) is 0 Å². The fraction of sp³-hybridized carbons (Fsp3) is 0.500. The Labute approximate surface area is 144 Å². The number of likely N-dealkylation sites (tertiary alicyclic amines) is 1. The number of fused-ring (bicyclic) bond motifs is 1. The van der Waals surface area contributed by atoms with Crippen molar-refractivity contribution in [3.05, 3.63) is 24.0 Å². The number of anilines is 1. The van der Waals surface area contributed by atoms with Crippen LogP contribution in [0.25, 0.3) is 0 Å². The number of carboxylic acids is 1. The van der Waals surface area contributed by atoms with Crippen molar-refractivity contribution in [3.63, 3.8) is 0 Å². The van der Waals surface area contributed by atoms with E-state index >= 15 is 0 Å². The van der Waals surface area contributed by atoms with Gasteiger partial charge in [0.05, 0.1) is 5.41 Å². The van der Waals surface area contributed by atoms with Gasteiger partial charge in [0, 0.05) is 25.0 Å². The van der Waals surface area contributed by atoms with Crippen molar-refractivity contribution >= 4 is 27.5 Å². The Kier molecular flexibility index (Phi) is 4.22. The van der Waals surface area contributed by atoms with Crippen molar-refractivity contribution in [1.82, 2.24) is 4.90 Å². The normalized spacial score (nSPS) is 25.7. The molecule has 2 atom stereocenters. The van der Waals surface area contributed by atoms with Gasteiger partial charge in [-0.1, -0.05) is 6.42 Å². The first kappa shape index (κ1) is 17.7. The third-order valence-electron chi connectivity index (χ3n) is 5.17. The third kappa shape index (κ3) is 3.08. The second kappa shape index (κ2) is 5.98. The Morgan fingerprint density at radius 1 is 1.40 bits per heavy atom. The van der Waals surface area contributed by atoms with Crippen LogP contribution in [-0.4, -0.2) is 49.8 Å². The summed E-state index contributed by atoms with van der Waals surface area (Å²) in [6.07, 6.45) is 3.04. The van der Waals surface area contributed by atoms with Crippen molar-refractivity contribution in [1.29, 1.82) is 0 Å². The molecule has 1 aromatic carbocycles. The zero-order chi connectivity index (χ0) is 18.4. The number of sulfone groups is 1. The molecule has 0 unspecified atom stereocenters. The summed E-state index contributed by atoms with van der Waals surface area (Å²) in [5, 5.41) is 12.1. The van der Waals surface area contributed by atoms with Crippen LogP contribution in [-0.2, 0) is 14.6 Å². The maximum Gasteiger partial charge on any atom is 0.321 e. The number of halogens is 1. The minimum atomic E-state index is -3.76. The Balaban J connectivity index is 1.77. The van der Waals surface area contributed by atoms with Gasteiger partial charge in [0.1, 0.15) is 10.7 Å². The average molecular weight is 370 g/mol. The maximum absolute atomic E-state index is 13.6. The number of carbonyl (C=O) groups excluding carboxylic acids is 1. The lowest BCUT2D eigenvalue weighted by Crippen LogP contribution is -2.38. The minimum absolute atomic E-state index is 0.0736. The fourth-order valence-corrected chi connectivity index (χ4v) is 4.62. The van der Waals surface area contributed by atoms with Gasteiger partial charge < -0.3 is 15.3 Å². The lowest BCUT2D eigenvalue weighted by atomic mass is 9.81. The first-order valence-corrected chi connectivity index (χ1v) is 9.81. The van der Waals surface area contributed by atoms with Crippen LogP contribution in [0.5, 0.6) is 0 Å². The van der Waals surface area contributed by atoms with Gasteiger partial charge >= 0.3 is 12.0 Å². The lowest BCUT2D eigenvalue weighted by Gasteiger charge is -2.23. The van der Waals surface area contributed by atoms with E-state index < -0.39 is 38.0 Å². The zero-order valence-corrected chi connectivity index (χ0v) is 14.5. The molecule has 2 aliphatic rings. The molecule has 0 radical (unpaired) electrons. The van der Waals surface area contributed by atoms with Crippen molar-refractivity contribution < 1.29 is 27.5 Å². The SMILES string of the molecule is CS(=O)(=O)c1cc(NC(=O)N2C[C@@H]3CCC[C@@]3(C(=O)O)C2)ccc1F. The van der Waals surface area contributed by atoms with Gasteiger partial charge in [0.25, 0.3) is 0 Å². The monoisotopic (exact) mass is 370 g/mol. The molecule has 1 saturated carbocycles. The summed E-state index contributed by atoms with van der Waals surface area (Å²) in [7, 11) is -3.76. The molecule has 1 aliphatic heterocycles. The standard InChI is InChI=1S/C16H19FN2O5S/c1-25(23,24)13-7-11(4-5-12(13)17)18-15(22)19-8-10-3-2-6-16(10,9-19)14(20)21/h4-5,7,10H,2-3,6,8-9H2,1H3,(H,18,22)(H,20,21)/t10-,16+/m0/s1. The average Bonchev–Trinajstić information content (AvgIpc) is 3.06. The predicted molar refractivity (Wildman–Crippen MR) is 87.5 cm³/mol. The molecule has 1 heterocycles. The zero-order valence-electron chi connectivity index (χ0n) is 13.7. The second-order valence-corrected chi connectivity index (χ2v) is 8.76. The molecule has 1 aromatic rings. The highest BCUT2D eigenvalue weighted by atomic mass is 32.2. The maximum atomic E-state index is 13.6. The highest BCUT2D eigenvalue weighted by Crippen LogP contribution is 2.48. The largest absolute Gasteiger partial charge is 0.481 e. The van der Waals surface area contributed by atoms with Crippen LogP contribution in [0.3, 0.4) is 0 Å². The minimum Gasteiger partial charge on any atom is -0.481 e. The van der Waals surface area contributed by atoms with Crippen molar-refractivity contribution in [2.75, 3.05) is 24.7 Å². The van der Waals surface area contributed by atoms with Gasteiger partial charge in [-0.05, 0) is 37.0 Å². The van der Waals surface area contributed by atoms with Crippen molar-refractivity contribution in [2.45, 2.75) is 24.2 Å². The first-order valence-electron chi connectivity index (χ1n) is 7.92. The molecule has 9 heteroatoms. The molecule has 7 nitrogen and oxygen atoms in total. The summed E-state index contributed by atoms with van der Waals surface area (Å²) in [4.78, 5) is 25.0. The van der Waals surface area contributed by atoms with Crippen LogP contribution in [0.15, 0.2) is 23.1 Å². The number of hydrogen-bond donors (Lipinski definition) is 2. The molecular formula is C16H19FN2O5S. The molecule has 2 N–H and O–H groups in total. The van der Waals surface area contributed by atoms with Crippen molar-refractivity contribution in [3.8, 4) is 0 Å². The molecule has 25 heavy (non-hydrogen) atoms. The van der Waals surface area contributed by atoms with Crippen LogP contribution in [0.2, 0.25) is 0 Å². The van der Waals surface area contributed by atoms with Crippen LogP contribution in [0.4, 0.5) is 14.9 Å². The van der Waals surface area contributed by atoms with E-state index in [1.54, 1.807) is 0 Å². The Bertz CT molecular complexity index is 841. The summed E-state index contributed by atoms with van der Waals surface area (Å²) < 4.78 is 36.8. The van der Waals surface area contributed by atoms with E-state index in [-0.39, 0.29) is 18.2 Å². The number of carboxylic acid groups (broad SMARTS) is 1. The number of aliphatic carboxylic acids is 1. The van der Waals surface area contributed by atoms with Crippen molar-refractivity contribution in [2.24, 2.45) is 11.3 Å². The van der Waals surface area contributed by atoms with Gasteiger partial charge in [-0.2, -0.15) is 0 Å². The number of benzene rings is 1. The predicted octanol–water partition coefficient (Wildman–Crippen LogP) is 1.95. The number of hydrogen-bond acceptors (Lipinski definition) is 4. The quantitative estimate of drug-likeness (QED) is 0.846. The number of rotatable bonds is 3. The summed E-state index contributed by atoms with van der Waals surface area (Å²) in [6.45, 7) is 0.469. The van der Waals surface area contributed by atoms with Gasteiger partial charge in [0.2, 0.25) is 0 Å². The number of nitrogens with zero attached hydrogens (tertiary/aromatic N) is 1. The fourth-order valence-electron chi connectivity index (χ4n) is 3.86. The second-order valence-electron chi connectivity index (χ2n) is 6.78. The summed E-state index contributed by atoms with van der Waals surface area (Å²) in [5.74, 6) is -1.84. The molecule has 136 valence electrons. The lowest BCUT2D eigenvalue weighted by molar-refractivity contribution is -0.149. The van der Waals surface area contributed by atoms with E-state index in [4.69, 9.17) is 0 Å². The third-order valence-corrected chi connectivity index (χ3v) is 6.28. The number of urea groups is 1. The Morgan fingerprint density at radius 3 is 2.72 bits per heavy atom. The molecule has 0 spiro atoms. The molecule has 3 rings (SSSR count). The molecule has 1 saturated heterocycles. The highest BCUT2D eigenvalue weighted by Gasteiger charge is 2.55. The molecule has 0 aromatic heterocycles. The topological polar surface area (TPSA) is 104 Å². The summed E-state index contributed by atoms with van der Waals surface area (Å²) in [6, 6.07) is 2.79. The van der Waals surface area contributed by atoms with Gasteiger partial charge in [0.15, 0.2) is 9.84 Å². The van der Waals surface area contributed by atoms with Crippen LogP contribution >= 0.6 is 0 Å². The van der Waals surface area contributed by atoms with E-state index in [9.17, 15) is 27.5 Å². The van der Waals surface area contributed by atoms with Crippen LogP contribution < -0.4 is 5.32 Å². The van der Waals surface area contributed by atoms with Gasteiger partial charge in [-0.3, -0.25) is 4.79 Å². The highest BCUT2D eigenvalue weighted by molar-refractivity contribution is 7.90. The van der Waals surface area contributed by atoms with E-state index in [0.717, 1.165) is 31.2 Å². The summed E-state index contributed by atoms with van der Waals surface area (Å²) >= 11 is 0. The molecular weight excluding hydrogens is 351 g/mol. The Hall–Kier alpha value is -2.16. The van der Waals surface area contributed by atoms with Gasteiger partial charge in [-0.25, -0.2) is 17.6 Å². The smallest absolute Gasteiger partial charge is 0.321 e. The number of carbonyl (C=O) groups is 2.